The van der Waals surface area contributed by atoms with Crippen molar-refractivity contribution < 1.29 is 23.6 Å². The molecule has 1 aromatic carbocycles. The van der Waals surface area contributed by atoms with Crippen molar-refractivity contribution in [2.75, 3.05) is 40.5 Å². The molecule has 0 unspecified atom stereocenters. The number of nitrogens with zero attached hydrogens (tertiary/aromatic N) is 2. The fourth-order valence-corrected chi connectivity index (χ4v) is 2.93. The summed E-state index contributed by atoms with van der Waals surface area (Å²) in [6.45, 7) is 1.74. The molecule has 0 bridgehead atoms. The number of methoxy groups -OCH3 is 2. The second-order valence-electron chi connectivity index (χ2n) is 7.06. The van der Waals surface area contributed by atoms with Gasteiger partial charge in [-0.2, -0.15) is 0 Å². The number of carbonyl (C=O) groups excluding carboxylic acids is 2. The Bertz CT molecular complexity index is 831. The molecular formula is C21H27N3O5. The van der Waals surface area contributed by atoms with E-state index in [1.54, 1.807) is 25.2 Å². The Labute approximate surface area is 170 Å². The molecule has 0 atom stereocenters. The summed E-state index contributed by atoms with van der Waals surface area (Å²) in [5.74, 6) is 1.34. The van der Waals surface area contributed by atoms with Crippen molar-refractivity contribution in [3.8, 4) is 17.1 Å². The summed E-state index contributed by atoms with van der Waals surface area (Å²) >= 11 is 0. The van der Waals surface area contributed by atoms with Gasteiger partial charge in [0.15, 0.2) is 11.5 Å². The van der Waals surface area contributed by atoms with E-state index in [9.17, 15) is 9.59 Å². The zero-order valence-corrected chi connectivity index (χ0v) is 16.8. The number of hydrogen-bond acceptors (Lipinski definition) is 6. The lowest BCUT2D eigenvalue weighted by molar-refractivity contribution is -0.121. The highest BCUT2D eigenvalue weighted by molar-refractivity contribution is 5.93. The number of benzene rings is 1. The fourth-order valence-electron chi connectivity index (χ4n) is 2.93. The molecule has 156 valence electrons. The molecule has 1 saturated carbocycles. The molecule has 8 nitrogen and oxygen atoms in total. The van der Waals surface area contributed by atoms with E-state index in [1.807, 2.05) is 24.3 Å². The molecule has 0 spiro atoms. The maximum atomic E-state index is 12.9. The van der Waals surface area contributed by atoms with Gasteiger partial charge in [0.1, 0.15) is 5.75 Å². The molecule has 0 radical (unpaired) electrons. The lowest BCUT2D eigenvalue weighted by Gasteiger charge is -2.21. The lowest BCUT2D eigenvalue weighted by Crippen LogP contribution is -2.37. The fraction of sp³-hybridized carbons (Fsp3) is 0.476. The van der Waals surface area contributed by atoms with E-state index in [2.05, 4.69) is 10.5 Å². The zero-order chi connectivity index (χ0) is 20.6. The van der Waals surface area contributed by atoms with Crippen LogP contribution < -0.4 is 10.1 Å². The number of aromatic nitrogens is 1. The molecule has 1 aliphatic rings. The van der Waals surface area contributed by atoms with Crippen LogP contribution in [0.1, 0.15) is 29.8 Å². The normalized spacial score (nSPS) is 13.2. The number of carbonyl (C=O) groups is 2. The Morgan fingerprint density at radius 1 is 1.24 bits per heavy atom. The van der Waals surface area contributed by atoms with Crippen LogP contribution in [0.5, 0.6) is 5.75 Å². The van der Waals surface area contributed by atoms with Crippen molar-refractivity contribution in [2.24, 2.45) is 5.92 Å². The predicted octanol–water partition coefficient (Wildman–Crippen LogP) is 2.36. The van der Waals surface area contributed by atoms with Crippen LogP contribution in [0.25, 0.3) is 11.3 Å². The molecule has 3 rings (SSSR count). The Hall–Kier alpha value is -2.87. The van der Waals surface area contributed by atoms with Gasteiger partial charge >= 0.3 is 0 Å². The van der Waals surface area contributed by atoms with E-state index >= 15 is 0 Å². The molecule has 1 aliphatic carbocycles. The standard InChI is InChI=1S/C21H27N3O5/c1-27-12-11-24(10-9-20(25)22-14-15-7-8-15)21(26)17-13-19(29-23-17)16-5-3-4-6-18(16)28-2/h3-6,13,15H,7-12,14H2,1-2H3,(H,22,25). The summed E-state index contributed by atoms with van der Waals surface area (Å²) in [5.41, 5.74) is 0.893. The van der Waals surface area contributed by atoms with Gasteiger partial charge in [0.05, 0.1) is 19.3 Å². The summed E-state index contributed by atoms with van der Waals surface area (Å²) in [6.07, 6.45) is 2.60. The summed E-state index contributed by atoms with van der Waals surface area (Å²) < 4.78 is 15.8. The van der Waals surface area contributed by atoms with Crippen molar-refractivity contribution in [1.29, 1.82) is 0 Å². The van der Waals surface area contributed by atoms with Gasteiger partial charge in [-0.3, -0.25) is 9.59 Å². The largest absolute Gasteiger partial charge is 0.496 e. The Morgan fingerprint density at radius 3 is 2.76 bits per heavy atom. The number of amides is 2. The first kappa shape index (κ1) is 20.9. The molecule has 0 saturated heterocycles. The summed E-state index contributed by atoms with van der Waals surface area (Å²) in [7, 11) is 3.14. The highest BCUT2D eigenvalue weighted by atomic mass is 16.5. The summed E-state index contributed by atoms with van der Waals surface area (Å²) in [6, 6.07) is 8.94. The number of ether oxygens (including phenoxy) is 2. The number of hydrogen-bond donors (Lipinski definition) is 1. The molecular weight excluding hydrogens is 374 g/mol. The molecule has 2 aromatic rings. The van der Waals surface area contributed by atoms with Gasteiger partial charge in [-0.05, 0) is 30.9 Å². The monoisotopic (exact) mass is 401 g/mol. The highest BCUT2D eigenvalue weighted by Gasteiger charge is 2.24. The first-order valence-electron chi connectivity index (χ1n) is 9.77. The maximum absolute atomic E-state index is 12.9. The van der Waals surface area contributed by atoms with Crippen LogP contribution in [-0.2, 0) is 9.53 Å². The topological polar surface area (TPSA) is 93.9 Å². The van der Waals surface area contributed by atoms with Crippen molar-refractivity contribution in [2.45, 2.75) is 19.3 Å². The van der Waals surface area contributed by atoms with Gasteiger partial charge in [0.2, 0.25) is 5.91 Å². The van der Waals surface area contributed by atoms with Gasteiger partial charge in [-0.15, -0.1) is 0 Å². The van der Waals surface area contributed by atoms with Crippen molar-refractivity contribution in [3.63, 3.8) is 0 Å². The minimum atomic E-state index is -0.304. The molecule has 1 N–H and O–H groups in total. The van der Waals surface area contributed by atoms with Gasteiger partial charge in [-0.1, -0.05) is 17.3 Å². The molecule has 1 heterocycles. The van der Waals surface area contributed by atoms with Gasteiger partial charge < -0.3 is 24.2 Å². The van der Waals surface area contributed by atoms with Gasteiger partial charge in [0, 0.05) is 39.2 Å². The quantitative estimate of drug-likeness (QED) is 0.621. The van der Waals surface area contributed by atoms with Crippen LogP contribution in [0, 0.1) is 5.92 Å². The van der Waals surface area contributed by atoms with Crippen LogP contribution in [0.2, 0.25) is 0 Å². The lowest BCUT2D eigenvalue weighted by atomic mass is 10.1. The average molecular weight is 401 g/mol. The van der Waals surface area contributed by atoms with Crippen LogP contribution in [0.4, 0.5) is 0 Å². The Morgan fingerprint density at radius 2 is 2.03 bits per heavy atom. The third-order valence-electron chi connectivity index (χ3n) is 4.85. The minimum Gasteiger partial charge on any atom is -0.496 e. The minimum absolute atomic E-state index is 0.0537. The average Bonchev–Trinajstić information content (AvgIpc) is 3.45. The van der Waals surface area contributed by atoms with Crippen molar-refractivity contribution in [3.05, 3.63) is 36.0 Å². The second-order valence-corrected chi connectivity index (χ2v) is 7.06. The van der Waals surface area contributed by atoms with Crippen LogP contribution in [-0.4, -0.2) is 62.3 Å². The third-order valence-corrected chi connectivity index (χ3v) is 4.85. The van der Waals surface area contributed by atoms with E-state index < -0.39 is 0 Å². The molecule has 0 aliphatic heterocycles. The Kier molecular flexibility index (Phi) is 7.24. The zero-order valence-electron chi connectivity index (χ0n) is 16.8. The first-order chi connectivity index (χ1) is 14.1. The SMILES string of the molecule is COCCN(CCC(=O)NCC1CC1)C(=O)c1cc(-c2ccccc2OC)on1. The van der Waals surface area contributed by atoms with Crippen LogP contribution in [0.15, 0.2) is 34.9 Å². The van der Waals surface area contributed by atoms with Crippen LogP contribution >= 0.6 is 0 Å². The van der Waals surface area contributed by atoms with Crippen molar-refractivity contribution in [1.82, 2.24) is 15.4 Å². The van der Waals surface area contributed by atoms with E-state index in [0.29, 0.717) is 36.1 Å². The van der Waals surface area contributed by atoms with Crippen LogP contribution in [0.3, 0.4) is 0 Å². The maximum Gasteiger partial charge on any atom is 0.276 e. The van der Waals surface area contributed by atoms with Gasteiger partial charge in [0.25, 0.3) is 5.91 Å². The molecule has 1 aromatic heterocycles. The van der Waals surface area contributed by atoms with E-state index in [4.69, 9.17) is 14.0 Å². The van der Waals surface area contributed by atoms with Gasteiger partial charge in [-0.25, -0.2) is 0 Å². The molecule has 2 amide bonds. The van der Waals surface area contributed by atoms with E-state index in [0.717, 1.165) is 6.54 Å². The number of rotatable bonds is 11. The third kappa shape index (κ3) is 5.80. The number of para-hydroxylation sites is 1. The highest BCUT2D eigenvalue weighted by Crippen LogP contribution is 2.30. The summed E-state index contributed by atoms with van der Waals surface area (Å²) in [4.78, 5) is 26.5. The predicted molar refractivity (Wildman–Crippen MR) is 107 cm³/mol. The van der Waals surface area contributed by atoms with Crippen molar-refractivity contribution >= 4 is 11.8 Å². The Balaban J connectivity index is 1.65. The second kappa shape index (κ2) is 10.1. The number of nitrogens with one attached hydrogen (secondary N) is 1. The van der Waals surface area contributed by atoms with E-state index in [1.165, 1.54) is 12.8 Å². The summed E-state index contributed by atoms with van der Waals surface area (Å²) in [5, 5.41) is 6.85. The molecule has 29 heavy (non-hydrogen) atoms. The van der Waals surface area contributed by atoms with E-state index in [-0.39, 0.29) is 30.5 Å². The smallest absolute Gasteiger partial charge is 0.276 e. The molecule has 1 fully saturated rings. The first-order valence-corrected chi connectivity index (χ1v) is 9.77. The molecule has 8 heteroatoms.